The van der Waals surface area contributed by atoms with Gasteiger partial charge in [-0.3, -0.25) is 0 Å². The molecule has 1 unspecified atom stereocenters. The normalized spacial score (nSPS) is 14.3. The van der Waals surface area contributed by atoms with Gasteiger partial charge in [0.2, 0.25) is 0 Å². The molecule has 0 saturated carbocycles. The molecule has 0 fully saturated rings. The second-order valence-electron chi connectivity index (χ2n) is 3.78. The summed E-state index contributed by atoms with van der Waals surface area (Å²) in [5.74, 6) is 0. The number of aliphatic hydroxyl groups is 1. The van der Waals surface area contributed by atoms with Gasteiger partial charge in [0, 0.05) is 0 Å². The van der Waals surface area contributed by atoms with Crippen molar-refractivity contribution in [2.24, 2.45) is 0 Å². The monoisotopic (exact) mass is 174 g/mol. The molecule has 0 heterocycles. The molecular weight excluding hydrogens is 154 g/mol. The molecule has 72 valence electrons. The highest BCUT2D eigenvalue weighted by molar-refractivity contribution is 4.65. The minimum absolute atomic E-state index is 0.143. The molecule has 0 aliphatic rings. The quantitative estimate of drug-likeness (QED) is 0.355. The number of likely N-dealkylation sites (N-methyl/N-ethyl adjacent to an activating group) is 1. The van der Waals surface area contributed by atoms with Crippen LogP contribution in [0.5, 0.6) is 0 Å². The molecule has 0 saturated heterocycles. The molecule has 0 aromatic carbocycles. The molecule has 0 aromatic heterocycles. The Balaban J connectivity index is 3.75. The Morgan fingerprint density at radius 2 is 2.08 bits per heavy atom. The van der Waals surface area contributed by atoms with E-state index < -0.39 is 0 Å². The van der Waals surface area contributed by atoms with Crippen LogP contribution >= 0.6 is 0 Å². The van der Waals surface area contributed by atoms with Crippen LogP contribution in [0.4, 0.5) is 0 Å². The molecule has 3 nitrogen and oxygen atoms in total. The first-order valence-electron chi connectivity index (χ1n) is 4.13. The van der Waals surface area contributed by atoms with Crippen LogP contribution in [-0.4, -0.2) is 56.6 Å². The van der Waals surface area contributed by atoms with Gasteiger partial charge in [0.1, 0.15) is 12.6 Å². The van der Waals surface area contributed by atoms with Crippen molar-refractivity contribution in [1.29, 1.82) is 0 Å². The van der Waals surface area contributed by atoms with Gasteiger partial charge in [-0.25, -0.2) is 0 Å². The molecule has 12 heavy (non-hydrogen) atoms. The number of hydrogen-bond acceptors (Lipinski definition) is 2. The topological polar surface area (TPSA) is 29.5 Å². The minimum atomic E-state index is 0.143. The first-order chi connectivity index (χ1) is 5.52. The highest BCUT2D eigenvalue weighted by atomic mass is 16.5. The van der Waals surface area contributed by atoms with Crippen molar-refractivity contribution in [2.75, 3.05) is 41.0 Å². The van der Waals surface area contributed by atoms with Gasteiger partial charge in [-0.1, -0.05) is 6.08 Å². The molecule has 0 spiro atoms. The Labute approximate surface area is 74.8 Å². The first kappa shape index (κ1) is 11.6. The second-order valence-corrected chi connectivity index (χ2v) is 3.78. The van der Waals surface area contributed by atoms with Crippen LogP contribution in [0.3, 0.4) is 0 Å². The molecule has 1 N–H and O–H groups in total. The Kier molecular flexibility index (Phi) is 5.13. The molecule has 3 heteroatoms. The van der Waals surface area contributed by atoms with E-state index in [1.165, 1.54) is 0 Å². The SMILES string of the molecule is C=CCOCC(CO)[N+](C)(C)C. The Morgan fingerprint density at radius 3 is 2.42 bits per heavy atom. The fourth-order valence-corrected chi connectivity index (χ4v) is 0.809. The van der Waals surface area contributed by atoms with E-state index in [2.05, 4.69) is 6.58 Å². The maximum atomic E-state index is 9.04. The standard InChI is InChI=1S/C9H20NO2/c1-5-6-12-8-9(7-11)10(2,3)4/h5,9,11H,1,6-8H2,2-4H3/q+1. The van der Waals surface area contributed by atoms with E-state index in [0.29, 0.717) is 17.7 Å². The molecule has 0 radical (unpaired) electrons. The maximum Gasteiger partial charge on any atom is 0.135 e. The summed E-state index contributed by atoms with van der Waals surface area (Å²) >= 11 is 0. The average Bonchev–Trinajstić information content (AvgIpc) is 1.95. The highest BCUT2D eigenvalue weighted by Crippen LogP contribution is 2.02. The lowest BCUT2D eigenvalue weighted by Crippen LogP contribution is -2.49. The average molecular weight is 174 g/mol. The molecule has 0 amide bonds. The molecule has 0 aromatic rings. The van der Waals surface area contributed by atoms with E-state index in [-0.39, 0.29) is 12.6 Å². The van der Waals surface area contributed by atoms with Gasteiger partial charge in [0.25, 0.3) is 0 Å². The van der Waals surface area contributed by atoms with Crippen LogP contribution in [-0.2, 0) is 4.74 Å². The summed E-state index contributed by atoms with van der Waals surface area (Å²) in [7, 11) is 6.12. The first-order valence-corrected chi connectivity index (χ1v) is 4.13. The van der Waals surface area contributed by atoms with Crippen molar-refractivity contribution in [3.8, 4) is 0 Å². The highest BCUT2D eigenvalue weighted by Gasteiger charge is 2.22. The molecular formula is C9H20NO2+. The van der Waals surface area contributed by atoms with E-state index >= 15 is 0 Å². The van der Waals surface area contributed by atoms with Crippen molar-refractivity contribution in [1.82, 2.24) is 0 Å². The molecule has 1 atom stereocenters. The number of aliphatic hydroxyl groups excluding tert-OH is 1. The lowest BCUT2D eigenvalue weighted by Gasteiger charge is -2.32. The van der Waals surface area contributed by atoms with Gasteiger partial charge in [0.05, 0.1) is 34.4 Å². The summed E-state index contributed by atoms with van der Waals surface area (Å²) in [6.45, 7) is 4.83. The van der Waals surface area contributed by atoms with Crippen LogP contribution in [0.2, 0.25) is 0 Å². The van der Waals surface area contributed by atoms with Crippen LogP contribution in [0.15, 0.2) is 12.7 Å². The minimum Gasteiger partial charge on any atom is -0.390 e. The zero-order chi connectivity index (χ0) is 9.61. The van der Waals surface area contributed by atoms with Gasteiger partial charge < -0.3 is 14.3 Å². The summed E-state index contributed by atoms with van der Waals surface area (Å²) in [5.41, 5.74) is 0. The number of rotatable bonds is 6. The van der Waals surface area contributed by atoms with Gasteiger partial charge in [-0.2, -0.15) is 0 Å². The Hall–Kier alpha value is -0.380. The lowest BCUT2D eigenvalue weighted by molar-refractivity contribution is -0.897. The van der Waals surface area contributed by atoms with Crippen molar-refractivity contribution < 1.29 is 14.3 Å². The molecule has 0 rings (SSSR count). The van der Waals surface area contributed by atoms with E-state index in [9.17, 15) is 0 Å². The van der Waals surface area contributed by atoms with E-state index in [0.717, 1.165) is 0 Å². The summed E-state index contributed by atoms with van der Waals surface area (Å²) in [6, 6.07) is 0.143. The van der Waals surface area contributed by atoms with Crippen LogP contribution in [0.25, 0.3) is 0 Å². The van der Waals surface area contributed by atoms with Crippen molar-refractivity contribution in [2.45, 2.75) is 6.04 Å². The van der Waals surface area contributed by atoms with E-state index in [4.69, 9.17) is 9.84 Å². The van der Waals surface area contributed by atoms with Crippen LogP contribution in [0.1, 0.15) is 0 Å². The predicted octanol–water partition coefficient (Wildman–Crippen LogP) is 0.256. The summed E-state index contributed by atoms with van der Waals surface area (Å²) in [4.78, 5) is 0. The number of nitrogens with zero attached hydrogens (tertiary/aromatic N) is 1. The van der Waals surface area contributed by atoms with Gasteiger partial charge in [-0.05, 0) is 0 Å². The fourth-order valence-electron chi connectivity index (χ4n) is 0.809. The van der Waals surface area contributed by atoms with Gasteiger partial charge in [-0.15, -0.1) is 6.58 Å². The molecule has 0 bridgehead atoms. The zero-order valence-electron chi connectivity index (χ0n) is 8.29. The largest absolute Gasteiger partial charge is 0.390 e. The third-order valence-corrected chi connectivity index (χ3v) is 1.85. The van der Waals surface area contributed by atoms with E-state index in [1.807, 2.05) is 21.1 Å². The number of ether oxygens (including phenoxy) is 1. The smallest absolute Gasteiger partial charge is 0.135 e. The maximum absolute atomic E-state index is 9.04. The number of hydrogen-bond donors (Lipinski definition) is 1. The lowest BCUT2D eigenvalue weighted by atomic mass is 10.3. The van der Waals surface area contributed by atoms with Crippen molar-refractivity contribution in [3.05, 3.63) is 12.7 Å². The fraction of sp³-hybridized carbons (Fsp3) is 0.778. The Morgan fingerprint density at radius 1 is 1.50 bits per heavy atom. The second kappa shape index (κ2) is 5.30. The van der Waals surface area contributed by atoms with E-state index in [1.54, 1.807) is 6.08 Å². The molecule has 0 aliphatic carbocycles. The number of quaternary nitrogens is 1. The summed E-state index contributed by atoms with van der Waals surface area (Å²) in [6.07, 6.45) is 1.71. The third kappa shape index (κ3) is 4.49. The van der Waals surface area contributed by atoms with Crippen molar-refractivity contribution >= 4 is 0 Å². The predicted molar refractivity (Wildman–Crippen MR) is 49.9 cm³/mol. The van der Waals surface area contributed by atoms with Gasteiger partial charge >= 0.3 is 0 Å². The summed E-state index contributed by atoms with van der Waals surface area (Å²) < 4.78 is 5.98. The zero-order valence-corrected chi connectivity index (χ0v) is 8.29. The molecule has 0 aliphatic heterocycles. The van der Waals surface area contributed by atoms with Gasteiger partial charge in [0.15, 0.2) is 0 Å². The van der Waals surface area contributed by atoms with Crippen LogP contribution < -0.4 is 0 Å². The summed E-state index contributed by atoms with van der Waals surface area (Å²) in [5, 5.41) is 9.04. The van der Waals surface area contributed by atoms with Crippen LogP contribution in [0, 0.1) is 0 Å². The third-order valence-electron chi connectivity index (χ3n) is 1.85. The van der Waals surface area contributed by atoms with Crippen molar-refractivity contribution in [3.63, 3.8) is 0 Å². The Bertz CT molecular complexity index is 129.